The average Bonchev–Trinajstić information content (AvgIpc) is 2.95. The molecule has 0 radical (unpaired) electrons. The van der Waals surface area contributed by atoms with Gasteiger partial charge in [-0.05, 0) is 24.1 Å². The Hall–Kier alpha value is -2.29. The largest absolute Gasteiger partial charge is 0.352 e. The molecular formula is C17H19N3. The van der Waals surface area contributed by atoms with Crippen LogP contribution in [0.5, 0.6) is 0 Å². The summed E-state index contributed by atoms with van der Waals surface area (Å²) >= 11 is 0. The molecule has 0 aromatic heterocycles. The molecule has 0 amide bonds. The molecule has 3 rings (SSSR count). The second-order valence-corrected chi connectivity index (χ2v) is 4.98. The molecule has 0 atom stereocenters. The molecule has 3 heteroatoms. The summed E-state index contributed by atoms with van der Waals surface area (Å²) in [7, 11) is 0. The van der Waals surface area contributed by atoms with Crippen molar-refractivity contribution in [2.75, 3.05) is 18.0 Å². The van der Waals surface area contributed by atoms with Gasteiger partial charge in [0.25, 0.3) is 0 Å². The maximum atomic E-state index is 4.58. The van der Waals surface area contributed by atoms with E-state index in [0.717, 1.165) is 25.6 Å². The number of anilines is 1. The molecule has 2 aromatic carbocycles. The SMILES string of the molecule is Cc1ccccc1N1CCN=C1NCc1ccccc1. The topological polar surface area (TPSA) is 27.6 Å². The zero-order valence-corrected chi connectivity index (χ0v) is 11.7. The van der Waals surface area contributed by atoms with E-state index in [-0.39, 0.29) is 0 Å². The minimum Gasteiger partial charge on any atom is -0.352 e. The van der Waals surface area contributed by atoms with Gasteiger partial charge in [-0.1, -0.05) is 48.5 Å². The highest BCUT2D eigenvalue weighted by molar-refractivity contribution is 5.98. The third kappa shape index (κ3) is 2.67. The summed E-state index contributed by atoms with van der Waals surface area (Å²) in [5, 5.41) is 3.45. The lowest BCUT2D eigenvalue weighted by molar-refractivity contribution is 0.894. The van der Waals surface area contributed by atoms with Crippen LogP contribution in [-0.4, -0.2) is 19.0 Å². The molecule has 3 nitrogen and oxygen atoms in total. The molecule has 20 heavy (non-hydrogen) atoms. The monoisotopic (exact) mass is 265 g/mol. The Morgan fingerprint density at radius 1 is 1.05 bits per heavy atom. The van der Waals surface area contributed by atoms with Crippen LogP contribution in [0.1, 0.15) is 11.1 Å². The zero-order valence-electron chi connectivity index (χ0n) is 11.7. The van der Waals surface area contributed by atoms with Crippen LogP contribution in [0.15, 0.2) is 59.6 Å². The fourth-order valence-corrected chi connectivity index (χ4v) is 2.48. The molecular weight excluding hydrogens is 246 g/mol. The molecule has 0 spiro atoms. The second kappa shape index (κ2) is 5.78. The lowest BCUT2D eigenvalue weighted by atomic mass is 10.2. The van der Waals surface area contributed by atoms with E-state index in [1.165, 1.54) is 16.8 Å². The zero-order chi connectivity index (χ0) is 13.8. The highest BCUT2D eigenvalue weighted by Gasteiger charge is 2.19. The fraction of sp³-hybridized carbons (Fsp3) is 0.235. The number of nitrogens with zero attached hydrogens (tertiary/aromatic N) is 2. The van der Waals surface area contributed by atoms with Gasteiger partial charge in [0.1, 0.15) is 0 Å². The molecule has 0 saturated heterocycles. The Morgan fingerprint density at radius 3 is 2.60 bits per heavy atom. The van der Waals surface area contributed by atoms with E-state index < -0.39 is 0 Å². The van der Waals surface area contributed by atoms with Gasteiger partial charge in [-0.25, -0.2) is 0 Å². The number of aliphatic imine (C=N–C) groups is 1. The van der Waals surface area contributed by atoms with E-state index in [1.54, 1.807) is 0 Å². The highest BCUT2D eigenvalue weighted by atomic mass is 15.3. The van der Waals surface area contributed by atoms with E-state index >= 15 is 0 Å². The summed E-state index contributed by atoms with van der Waals surface area (Å²) in [5.41, 5.74) is 3.79. The number of nitrogens with one attached hydrogen (secondary N) is 1. The maximum Gasteiger partial charge on any atom is 0.198 e. The normalized spacial score (nSPS) is 14.2. The van der Waals surface area contributed by atoms with E-state index in [1.807, 2.05) is 6.07 Å². The first kappa shape index (κ1) is 12.7. The van der Waals surface area contributed by atoms with Crippen molar-refractivity contribution in [1.82, 2.24) is 5.32 Å². The van der Waals surface area contributed by atoms with Crippen molar-refractivity contribution in [3.8, 4) is 0 Å². The Balaban J connectivity index is 1.72. The molecule has 102 valence electrons. The van der Waals surface area contributed by atoms with Crippen molar-refractivity contribution in [1.29, 1.82) is 0 Å². The van der Waals surface area contributed by atoms with Crippen LogP contribution >= 0.6 is 0 Å². The standard InChI is InChI=1S/C17H19N3/c1-14-7-5-6-10-16(14)20-12-11-18-17(20)19-13-15-8-3-2-4-9-15/h2-10H,11-13H2,1H3,(H,18,19). The number of benzene rings is 2. The van der Waals surface area contributed by atoms with E-state index in [2.05, 4.69) is 70.7 Å². The quantitative estimate of drug-likeness (QED) is 0.924. The van der Waals surface area contributed by atoms with Gasteiger partial charge >= 0.3 is 0 Å². The average molecular weight is 265 g/mol. The van der Waals surface area contributed by atoms with Crippen LogP contribution in [0.3, 0.4) is 0 Å². The molecule has 0 unspecified atom stereocenters. The van der Waals surface area contributed by atoms with Gasteiger partial charge in [0.05, 0.1) is 6.54 Å². The summed E-state index contributed by atoms with van der Waals surface area (Å²) in [6.07, 6.45) is 0. The van der Waals surface area contributed by atoms with Crippen molar-refractivity contribution >= 4 is 11.6 Å². The smallest absolute Gasteiger partial charge is 0.198 e. The number of guanidine groups is 1. The van der Waals surface area contributed by atoms with Gasteiger partial charge in [-0.2, -0.15) is 0 Å². The van der Waals surface area contributed by atoms with Crippen molar-refractivity contribution < 1.29 is 0 Å². The van der Waals surface area contributed by atoms with Crippen LogP contribution in [0.2, 0.25) is 0 Å². The summed E-state index contributed by atoms with van der Waals surface area (Å²) in [5.74, 6) is 0.975. The van der Waals surface area contributed by atoms with Gasteiger partial charge in [-0.3, -0.25) is 4.99 Å². The number of hydrogen-bond acceptors (Lipinski definition) is 3. The number of para-hydroxylation sites is 1. The van der Waals surface area contributed by atoms with Crippen LogP contribution in [0, 0.1) is 6.92 Å². The Labute approximate surface area is 120 Å². The van der Waals surface area contributed by atoms with Gasteiger partial charge in [-0.15, -0.1) is 0 Å². The molecule has 2 aromatic rings. The van der Waals surface area contributed by atoms with E-state index in [0.29, 0.717) is 0 Å². The molecule has 1 aliphatic rings. The minimum atomic E-state index is 0.808. The lowest BCUT2D eigenvalue weighted by Crippen LogP contribution is -2.38. The molecule has 1 N–H and O–H groups in total. The highest BCUT2D eigenvalue weighted by Crippen LogP contribution is 2.21. The first-order chi connectivity index (χ1) is 9.84. The van der Waals surface area contributed by atoms with Crippen molar-refractivity contribution in [3.05, 3.63) is 65.7 Å². The minimum absolute atomic E-state index is 0.808. The van der Waals surface area contributed by atoms with Crippen LogP contribution < -0.4 is 10.2 Å². The third-order valence-electron chi connectivity index (χ3n) is 3.54. The number of hydrogen-bond donors (Lipinski definition) is 1. The first-order valence-electron chi connectivity index (χ1n) is 7.00. The van der Waals surface area contributed by atoms with Gasteiger partial charge in [0.15, 0.2) is 5.96 Å². The van der Waals surface area contributed by atoms with Crippen molar-refractivity contribution in [2.24, 2.45) is 4.99 Å². The lowest BCUT2D eigenvalue weighted by Gasteiger charge is -2.23. The summed E-state index contributed by atoms with van der Waals surface area (Å²) in [6, 6.07) is 18.9. The Kier molecular flexibility index (Phi) is 3.68. The third-order valence-corrected chi connectivity index (χ3v) is 3.54. The molecule has 0 bridgehead atoms. The van der Waals surface area contributed by atoms with Crippen molar-refractivity contribution in [2.45, 2.75) is 13.5 Å². The van der Waals surface area contributed by atoms with Gasteiger partial charge in [0, 0.05) is 18.8 Å². The van der Waals surface area contributed by atoms with Crippen molar-refractivity contribution in [3.63, 3.8) is 0 Å². The summed E-state index contributed by atoms with van der Waals surface area (Å²) in [6.45, 7) is 4.75. The fourth-order valence-electron chi connectivity index (χ4n) is 2.48. The molecule has 0 aliphatic carbocycles. The predicted molar refractivity (Wildman–Crippen MR) is 84.1 cm³/mol. The van der Waals surface area contributed by atoms with Gasteiger partial charge < -0.3 is 10.2 Å². The molecule has 0 saturated carbocycles. The van der Waals surface area contributed by atoms with Gasteiger partial charge in [0.2, 0.25) is 0 Å². The number of rotatable bonds is 3. The van der Waals surface area contributed by atoms with Crippen LogP contribution in [0.4, 0.5) is 5.69 Å². The molecule has 0 fully saturated rings. The molecule has 1 aliphatic heterocycles. The predicted octanol–water partition coefficient (Wildman–Crippen LogP) is 2.96. The summed E-state index contributed by atoms with van der Waals surface area (Å²) < 4.78 is 0. The maximum absolute atomic E-state index is 4.58. The molecule has 1 heterocycles. The number of aryl methyl sites for hydroxylation is 1. The Bertz CT molecular complexity index is 605. The van der Waals surface area contributed by atoms with Crippen LogP contribution in [-0.2, 0) is 6.54 Å². The summed E-state index contributed by atoms with van der Waals surface area (Å²) in [4.78, 5) is 6.84. The Morgan fingerprint density at radius 2 is 1.80 bits per heavy atom. The van der Waals surface area contributed by atoms with E-state index in [9.17, 15) is 0 Å². The second-order valence-electron chi connectivity index (χ2n) is 4.98. The first-order valence-corrected chi connectivity index (χ1v) is 7.00. The van der Waals surface area contributed by atoms with E-state index in [4.69, 9.17) is 0 Å². The van der Waals surface area contributed by atoms with Crippen LogP contribution in [0.25, 0.3) is 0 Å².